The molecule has 0 saturated carbocycles. The third-order valence-electron chi connectivity index (χ3n) is 7.99. The Labute approximate surface area is 297 Å². The molecular weight excluding hydrogens is 655 g/mol. The Bertz CT molecular complexity index is 1620. The van der Waals surface area contributed by atoms with Crippen LogP contribution in [0.25, 0.3) is 0 Å². The van der Waals surface area contributed by atoms with Gasteiger partial charge in [0.05, 0.1) is 22.8 Å². The van der Waals surface area contributed by atoms with Crippen LogP contribution in [-0.2, 0) is 40.3 Å². The van der Waals surface area contributed by atoms with Crippen molar-refractivity contribution in [2.45, 2.75) is 90.3 Å². The fourth-order valence-corrected chi connectivity index (χ4v) is 6.13. The quantitative estimate of drug-likeness (QED) is 0.106. The Hall–Kier alpha value is -4.81. The summed E-state index contributed by atoms with van der Waals surface area (Å²) in [6, 6.07) is 20.5. The summed E-state index contributed by atoms with van der Waals surface area (Å²) in [5, 5.41) is 23.1. The van der Waals surface area contributed by atoms with E-state index in [1.54, 1.807) is 24.5 Å². The molecule has 0 radical (unpaired) electrons. The van der Waals surface area contributed by atoms with E-state index in [1.807, 2.05) is 93.7 Å². The predicted octanol–water partition coefficient (Wildman–Crippen LogP) is 5.93. The van der Waals surface area contributed by atoms with Gasteiger partial charge in [0, 0.05) is 35.3 Å². The number of aliphatic hydroxyl groups is 1. The van der Waals surface area contributed by atoms with Crippen molar-refractivity contribution in [3.63, 3.8) is 0 Å². The van der Waals surface area contributed by atoms with E-state index in [2.05, 4.69) is 25.9 Å². The highest BCUT2D eigenvalue weighted by atomic mass is 32.1. The average molecular weight is 702 g/mol. The number of benzene rings is 2. The zero-order valence-corrected chi connectivity index (χ0v) is 29.8. The molecule has 2 aromatic carbocycles. The van der Waals surface area contributed by atoms with Gasteiger partial charge >= 0.3 is 12.2 Å². The lowest BCUT2D eigenvalue weighted by Crippen LogP contribution is -2.54. The van der Waals surface area contributed by atoms with Gasteiger partial charge in [-0.15, -0.1) is 11.3 Å². The van der Waals surface area contributed by atoms with Crippen molar-refractivity contribution >= 4 is 29.4 Å². The number of hydrogen-bond donors (Lipinski definition) is 4. The number of aromatic nitrogens is 2. The molecular formula is C38H47N5O6S. The molecule has 0 aliphatic carbocycles. The number of carbonyl (C=O) groups is 3. The van der Waals surface area contributed by atoms with Crippen LogP contribution in [0.1, 0.15) is 67.4 Å². The monoisotopic (exact) mass is 701 g/mol. The summed E-state index contributed by atoms with van der Waals surface area (Å²) >= 11 is 1.51. The molecule has 11 nitrogen and oxygen atoms in total. The standard InChI is InChI=1S/C38H47N5O6S/c1-25(2)34(43-38(47)49-23-31-24-50-36(41-31)26(3)4)35(45)40-30(18-27-12-7-5-8-13-27)20-33(44)32(19-28-14-9-6-10-15-28)42-37(46)48-22-29-16-11-17-39-21-29/h5-17,21,24-26,30,32-34,44H,18-20,22-23H2,1-4H3,(H,40,45)(H,42,46)(H,43,47)/t30-,32-,33-,34?/m0/s1. The molecule has 3 amide bonds. The third-order valence-corrected chi connectivity index (χ3v) is 9.19. The highest BCUT2D eigenvalue weighted by molar-refractivity contribution is 7.09. The van der Waals surface area contributed by atoms with Crippen LogP contribution < -0.4 is 16.0 Å². The molecule has 0 bridgehead atoms. The van der Waals surface area contributed by atoms with Crippen molar-refractivity contribution in [3.05, 3.63) is 118 Å². The maximum absolute atomic E-state index is 13.7. The van der Waals surface area contributed by atoms with Gasteiger partial charge < -0.3 is 30.5 Å². The Balaban J connectivity index is 1.45. The molecule has 0 aliphatic heterocycles. The fraction of sp³-hybridized carbons (Fsp3) is 0.395. The van der Waals surface area contributed by atoms with Crippen LogP contribution >= 0.6 is 11.3 Å². The second kappa shape index (κ2) is 19.4. The van der Waals surface area contributed by atoms with Gasteiger partial charge in [0.15, 0.2) is 0 Å². The molecule has 4 N–H and O–H groups in total. The first kappa shape index (κ1) is 38.0. The van der Waals surface area contributed by atoms with Crippen LogP contribution in [0.5, 0.6) is 0 Å². The van der Waals surface area contributed by atoms with E-state index < -0.39 is 42.3 Å². The summed E-state index contributed by atoms with van der Waals surface area (Å²) < 4.78 is 10.8. The van der Waals surface area contributed by atoms with Gasteiger partial charge in [0.2, 0.25) is 5.91 Å². The number of nitrogens with zero attached hydrogens (tertiary/aromatic N) is 2. The summed E-state index contributed by atoms with van der Waals surface area (Å²) in [5.41, 5.74) is 3.24. The van der Waals surface area contributed by atoms with Crippen molar-refractivity contribution in [1.29, 1.82) is 0 Å². The largest absolute Gasteiger partial charge is 0.445 e. The van der Waals surface area contributed by atoms with Gasteiger partial charge in [0.25, 0.3) is 0 Å². The molecule has 4 aromatic rings. The zero-order chi connectivity index (χ0) is 35.9. The minimum atomic E-state index is -1.07. The van der Waals surface area contributed by atoms with E-state index >= 15 is 0 Å². The molecule has 0 aliphatic rings. The Morgan fingerprint density at radius 2 is 1.40 bits per heavy atom. The summed E-state index contributed by atoms with van der Waals surface area (Å²) in [6.07, 6.45) is 1.62. The average Bonchev–Trinajstić information content (AvgIpc) is 3.59. The van der Waals surface area contributed by atoms with Gasteiger partial charge in [-0.3, -0.25) is 9.78 Å². The summed E-state index contributed by atoms with van der Waals surface area (Å²) in [5.74, 6) is -0.405. The third kappa shape index (κ3) is 12.6. The minimum absolute atomic E-state index is 0.00914. The van der Waals surface area contributed by atoms with Crippen molar-refractivity contribution in [1.82, 2.24) is 25.9 Å². The highest BCUT2D eigenvalue weighted by Gasteiger charge is 2.30. The van der Waals surface area contributed by atoms with Crippen molar-refractivity contribution in [3.8, 4) is 0 Å². The molecule has 0 saturated heterocycles. The summed E-state index contributed by atoms with van der Waals surface area (Å²) in [7, 11) is 0. The Kier molecular flexibility index (Phi) is 14.7. The van der Waals surface area contributed by atoms with E-state index in [1.165, 1.54) is 11.3 Å². The van der Waals surface area contributed by atoms with Gasteiger partial charge in [-0.2, -0.15) is 0 Å². The fourth-order valence-electron chi connectivity index (χ4n) is 5.31. The smallest absolute Gasteiger partial charge is 0.408 e. The normalized spacial score (nSPS) is 13.6. The first-order chi connectivity index (χ1) is 24.1. The second-order valence-electron chi connectivity index (χ2n) is 12.9. The number of nitrogens with one attached hydrogen (secondary N) is 3. The number of aliphatic hydroxyl groups excluding tert-OH is 1. The molecule has 2 aromatic heterocycles. The molecule has 2 heterocycles. The number of carbonyl (C=O) groups excluding carboxylic acids is 3. The number of pyridine rings is 1. The SMILES string of the molecule is CC(C)c1nc(COC(=O)NC(C(=O)N[C@@H](Cc2ccccc2)C[C@H](O)[C@H](Cc2ccccc2)NC(=O)OCc2cccnc2)C(C)C)cs1. The van der Waals surface area contributed by atoms with Crippen LogP contribution in [0.4, 0.5) is 9.59 Å². The Morgan fingerprint density at radius 3 is 2.00 bits per heavy atom. The molecule has 266 valence electrons. The maximum Gasteiger partial charge on any atom is 0.408 e. The lowest BCUT2D eigenvalue weighted by atomic mass is 9.93. The van der Waals surface area contributed by atoms with Gasteiger partial charge in [-0.25, -0.2) is 14.6 Å². The zero-order valence-electron chi connectivity index (χ0n) is 29.0. The number of amides is 3. The second-order valence-corrected chi connectivity index (χ2v) is 13.7. The lowest BCUT2D eigenvalue weighted by Gasteiger charge is -2.30. The molecule has 50 heavy (non-hydrogen) atoms. The number of thiazole rings is 1. The van der Waals surface area contributed by atoms with Crippen LogP contribution in [0.3, 0.4) is 0 Å². The van der Waals surface area contributed by atoms with E-state index in [-0.39, 0.29) is 31.5 Å². The van der Waals surface area contributed by atoms with Crippen LogP contribution in [0.15, 0.2) is 90.6 Å². The van der Waals surface area contributed by atoms with Gasteiger partial charge in [0.1, 0.15) is 19.3 Å². The molecule has 4 rings (SSSR count). The first-order valence-electron chi connectivity index (χ1n) is 16.8. The highest BCUT2D eigenvalue weighted by Crippen LogP contribution is 2.20. The Morgan fingerprint density at radius 1 is 0.780 bits per heavy atom. The minimum Gasteiger partial charge on any atom is -0.445 e. The van der Waals surface area contributed by atoms with Gasteiger partial charge in [-0.1, -0.05) is 94.4 Å². The van der Waals surface area contributed by atoms with Crippen molar-refractivity contribution < 1.29 is 29.0 Å². The molecule has 0 spiro atoms. The molecule has 0 fully saturated rings. The number of rotatable bonds is 17. The summed E-state index contributed by atoms with van der Waals surface area (Å²) in [4.78, 5) is 48.0. The lowest BCUT2D eigenvalue weighted by molar-refractivity contribution is -0.125. The molecule has 12 heteroatoms. The van der Waals surface area contributed by atoms with E-state index in [4.69, 9.17) is 9.47 Å². The van der Waals surface area contributed by atoms with Crippen LogP contribution in [0, 0.1) is 5.92 Å². The number of alkyl carbamates (subject to hydrolysis) is 2. The van der Waals surface area contributed by atoms with E-state index in [0.29, 0.717) is 18.5 Å². The molecule has 1 unspecified atom stereocenters. The van der Waals surface area contributed by atoms with E-state index in [0.717, 1.165) is 21.7 Å². The summed E-state index contributed by atoms with van der Waals surface area (Å²) in [6.45, 7) is 7.77. The first-order valence-corrected chi connectivity index (χ1v) is 17.7. The number of hydrogen-bond acceptors (Lipinski definition) is 9. The van der Waals surface area contributed by atoms with Crippen LogP contribution in [0.2, 0.25) is 0 Å². The predicted molar refractivity (Wildman–Crippen MR) is 192 cm³/mol. The van der Waals surface area contributed by atoms with Gasteiger partial charge in [-0.05, 0) is 42.4 Å². The topological polar surface area (TPSA) is 152 Å². The molecule has 4 atom stereocenters. The number of ether oxygens (including phenoxy) is 2. The van der Waals surface area contributed by atoms with Crippen molar-refractivity contribution in [2.24, 2.45) is 5.92 Å². The van der Waals surface area contributed by atoms with Crippen LogP contribution in [-0.4, -0.2) is 57.4 Å². The maximum atomic E-state index is 13.7. The van der Waals surface area contributed by atoms with E-state index in [9.17, 15) is 19.5 Å². The van der Waals surface area contributed by atoms with Crippen molar-refractivity contribution in [2.75, 3.05) is 0 Å².